The van der Waals surface area contributed by atoms with E-state index < -0.39 is 23.2 Å². The summed E-state index contributed by atoms with van der Waals surface area (Å²) < 4.78 is 5.76. The number of phenols is 3. The van der Waals surface area contributed by atoms with Crippen LogP contribution in [-0.2, 0) is 4.79 Å². The molecule has 0 heterocycles. The topological polar surface area (TPSA) is 128 Å². The first-order chi connectivity index (χ1) is 13.8. The molecule has 0 unspecified atom stereocenters. The molecule has 0 aliphatic heterocycles. The lowest BCUT2D eigenvalue weighted by Crippen LogP contribution is -2.34. The molecule has 2 rings (SSSR count). The number of benzene rings is 2. The van der Waals surface area contributed by atoms with Crippen molar-refractivity contribution >= 4 is 11.8 Å². The molecule has 0 saturated carbocycles. The molecule has 0 spiro atoms. The molecule has 2 aromatic rings. The Morgan fingerprint density at radius 1 is 0.966 bits per heavy atom. The number of carbonyl (C=O) groups is 2. The van der Waals surface area contributed by atoms with Gasteiger partial charge in [0.15, 0.2) is 17.2 Å². The van der Waals surface area contributed by atoms with E-state index in [0.29, 0.717) is 19.4 Å². The first-order valence-corrected chi connectivity index (χ1v) is 9.28. The summed E-state index contributed by atoms with van der Waals surface area (Å²) in [6.07, 6.45) is 0.872. The molecule has 0 aliphatic carbocycles. The standard InChI is InChI=1S/C21H26N2O6/c1-13-5-3-6-14(2)20(13)29-10-4-7-18(26)22-8-9-23-21(28)15-11-16(24)19(27)17(25)12-15/h3,5-6,11-12,24-25,27H,4,7-10H2,1-2H3,(H,22,26)(H,23,28). The Hall–Kier alpha value is -3.42. The zero-order valence-corrected chi connectivity index (χ0v) is 16.5. The van der Waals surface area contributed by atoms with Crippen LogP contribution in [0.15, 0.2) is 30.3 Å². The molecule has 2 amide bonds. The van der Waals surface area contributed by atoms with Crippen molar-refractivity contribution in [2.75, 3.05) is 19.7 Å². The third kappa shape index (κ3) is 6.31. The number of aromatic hydroxyl groups is 3. The van der Waals surface area contributed by atoms with Gasteiger partial charge in [0.25, 0.3) is 5.91 Å². The monoisotopic (exact) mass is 402 g/mol. The van der Waals surface area contributed by atoms with E-state index >= 15 is 0 Å². The number of rotatable bonds is 9. The molecule has 5 N–H and O–H groups in total. The Kier molecular flexibility index (Phi) is 7.70. The Morgan fingerprint density at radius 3 is 2.17 bits per heavy atom. The summed E-state index contributed by atoms with van der Waals surface area (Å²) in [5.74, 6) is -1.72. The van der Waals surface area contributed by atoms with Crippen LogP contribution in [0.5, 0.6) is 23.0 Å². The van der Waals surface area contributed by atoms with Crippen LogP contribution in [0.4, 0.5) is 0 Å². The van der Waals surface area contributed by atoms with Crippen molar-refractivity contribution in [3.8, 4) is 23.0 Å². The number of amides is 2. The molecule has 0 fully saturated rings. The Morgan fingerprint density at radius 2 is 1.55 bits per heavy atom. The number of ether oxygens (including phenoxy) is 1. The molecule has 0 radical (unpaired) electrons. The molecule has 8 nitrogen and oxygen atoms in total. The van der Waals surface area contributed by atoms with Crippen LogP contribution in [0.3, 0.4) is 0 Å². The van der Waals surface area contributed by atoms with Gasteiger partial charge in [0, 0.05) is 25.1 Å². The van der Waals surface area contributed by atoms with E-state index in [1.165, 1.54) is 0 Å². The predicted molar refractivity (Wildman–Crippen MR) is 107 cm³/mol. The van der Waals surface area contributed by atoms with Crippen LogP contribution in [0.25, 0.3) is 0 Å². The molecule has 0 bridgehead atoms. The van der Waals surface area contributed by atoms with Crippen LogP contribution in [0, 0.1) is 13.8 Å². The highest BCUT2D eigenvalue weighted by molar-refractivity contribution is 5.95. The average Bonchev–Trinajstić information content (AvgIpc) is 2.67. The van der Waals surface area contributed by atoms with Gasteiger partial charge in [-0.2, -0.15) is 0 Å². The fraction of sp³-hybridized carbons (Fsp3) is 0.333. The number of phenolic OH excluding ortho intramolecular Hbond substituents is 3. The first-order valence-electron chi connectivity index (χ1n) is 9.28. The lowest BCUT2D eigenvalue weighted by atomic mass is 10.1. The third-order valence-electron chi connectivity index (χ3n) is 4.27. The molecule has 29 heavy (non-hydrogen) atoms. The van der Waals surface area contributed by atoms with Crippen molar-refractivity contribution in [2.45, 2.75) is 26.7 Å². The van der Waals surface area contributed by atoms with Crippen molar-refractivity contribution in [1.29, 1.82) is 0 Å². The highest BCUT2D eigenvalue weighted by Crippen LogP contribution is 2.35. The zero-order chi connectivity index (χ0) is 21.4. The smallest absolute Gasteiger partial charge is 0.251 e. The SMILES string of the molecule is Cc1cccc(C)c1OCCCC(=O)NCCNC(=O)c1cc(O)c(O)c(O)c1. The van der Waals surface area contributed by atoms with E-state index in [-0.39, 0.29) is 24.6 Å². The summed E-state index contributed by atoms with van der Waals surface area (Å²) in [5, 5.41) is 33.4. The third-order valence-corrected chi connectivity index (χ3v) is 4.27. The van der Waals surface area contributed by atoms with Crippen molar-refractivity contribution in [3.63, 3.8) is 0 Å². The van der Waals surface area contributed by atoms with Gasteiger partial charge in [-0.3, -0.25) is 9.59 Å². The number of nitrogens with one attached hydrogen (secondary N) is 2. The van der Waals surface area contributed by atoms with Crippen LogP contribution in [0.2, 0.25) is 0 Å². The lowest BCUT2D eigenvalue weighted by Gasteiger charge is -2.12. The van der Waals surface area contributed by atoms with E-state index in [9.17, 15) is 24.9 Å². The van der Waals surface area contributed by atoms with Crippen molar-refractivity contribution < 1.29 is 29.6 Å². The van der Waals surface area contributed by atoms with Gasteiger partial charge in [0.2, 0.25) is 5.91 Å². The highest BCUT2D eigenvalue weighted by atomic mass is 16.5. The largest absolute Gasteiger partial charge is 0.504 e. The molecule has 0 atom stereocenters. The van der Waals surface area contributed by atoms with Gasteiger partial charge in [0.1, 0.15) is 5.75 Å². The van der Waals surface area contributed by atoms with E-state index in [1.54, 1.807) is 0 Å². The van der Waals surface area contributed by atoms with Crippen LogP contribution >= 0.6 is 0 Å². The second-order valence-electron chi connectivity index (χ2n) is 6.64. The number of carbonyl (C=O) groups excluding carboxylic acids is 2. The Bertz CT molecular complexity index is 838. The summed E-state index contributed by atoms with van der Waals surface area (Å²) in [6.45, 7) is 4.79. The minimum atomic E-state index is -0.685. The van der Waals surface area contributed by atoms with Gasteiger partial charge in [-0.1, -0.05) is 18.2 Å². The van der Waals surface area contributed by atoms with Crippen LogP contribution < -0.4 is 15.4 Å². The summed E-state index contributed by atoms with van der Waals surface area (Å²) in [5.41, 5.74) is 2.11. The molecular weight excluding hydrogens is 376 g/mol. The number of hydrogen-bond acceptors (Lipinski definition) is 6. The Labute approximate surface area is 169 Å². The van der Waals surface area contributed by atoms with Gasteiger partial charge in [-0.05, 0) is 43.5 Å². The fourth-order valence-electron chi connectivity index (χ4n) is 2.74. The summed E-state index contributed by atoms with van der Waals surface area (Å²) in [6, 6.07) is 8.00. The highest BCUT2D eigenvalue weighted by Gasteiger charge is 2.13. The molecule has 2 aromatic carbocycles. The van der Waals surface area contributed by atoms with E-state index in [0.717, 1.165) is 29.0 Å². The lowest BCUT2D eigenvalue weighted by molar-refractivity contribution is -0.121. The molecule has 8 heteroatoms. The zero-order valence-electron chi connectivity index (χ0n) is 16.5. The second kappa shape index (κ2) is 10.2. The number of para-hydroxylation sites is 1. The maximum atomic E-state index is 12.0. The maximum Gasteiger partial charge on any atom is 0.251 e. The number of aryl methyl sites for hydroxylation is 2. The second-order valence-corrected chi connectivity index (χ2v) is 6.64. The molecule has 0 aliphatic rings. The number of hydrogen-bond donors (Lipinski definition) is 5. The summed E-state index contributed by atoms with van der Waals surface area (Å²) >= 11 is 0. The van der Waals surface area contributed by atoms with Crippen LogP contribution in [0.1, 0.15) is 34.3 Å². The molecule has 0 saturated heterocycles. The average molecular weight is 402 g/mol. The van der Waals surface area contributed by atoms with Gasteiger partial charge in [0.05, 0.1) is 6.61 Å². The maximum absolute atomic E-state index is 12.0. The van der Waals surface area contributed by atoms with Gasteiger partial charge < -0.3 is 30.7 Å². The van der Waals surface area contributed by atoms with Crippen LogP contribution in [-0.4, -0.2) is 46.8 Å². The first kappa shape index (κ1) is 21.9. The van der Waals surface area contributed by atoms with Gasteiger partial charge >= 0.3 is 0 Å². The van der Waals surface area contributed by atoms with Crippen molar-refractivity contribution in [2.24, 2.45) is 0 Å². The quantitative estimate of drug-likeness (QED) is 0.323. The fourth-order valence-corrected chi connectivity index (χ4v) is 2.74. The van der Waals surface area contributed by atoms with E-state index in [2.05, 4.69) is 10.6 Å². The van der Waals surface area contributed by atoms with E-state index in [1.807, 2.05) is 32.0 Å². The van der Waals surface area contributed by atoms with Crippen molar-refractivity contribution in [1.82, 2.24) is 10.6 Å². The minimum Gasteiger partial charge on any atom is -0.504 e. The molecule has 0 aromatic heterocycles. The summed E-state index contributed by atoms with van der Waals surface area (Å²) in [4.78, 5) is 23.8. The van der Waals surface area contributed by atoms with Gasteiger partial charge in [-0.25, -0.2) is 0 Å². The van der Waals surface area contributed by atoms with Crippen molar-refractivity contribution in [3.05, 3.63) is 47.0 Å². The predicted octanol–water partition coefficient (Wildman–Crippen LogP) is 2.13. The van der Waals surface area contributed by atoms with E-state index in [4.69, 9.17) is 4.74 Å². The normalized spacial score (nSPS) is 10.4. The Balaban J connectivity index is 1.64. The minimum absolute atomic E-state index is 0.00669. The van der Waals surface area contributed by atoms with Gasteiger partial charge in [-0.15, -0.1) is 0 Å². The molecular formula is C21H26N2O6. The molecule has 156 valence electrons. The summed E-state index contributed by atoms with van der Waals surface area (Å²) in [7, 11) is 0.